The average Bonchev–Trinajstić information content (AvgIpc) is 2.13. The summed E-state index contributed by atoms with van der Waals surface area (Å²) in [7, 11) is 1.22. The second-order valence-electron chi connectivity index (χ2n) is 2.38. The number of esters is 1. The van der Waals surface area contributed by atoms with Gasteiger partial charge in [-0.1, -0.05) is 6.92 Å². The fourth-order valence-corrected chi connectivity index (χ4v) is 0.578. The summed E-state index contributed by atoms with van der Waals surface area (Å²) >= 11 is 0. The summed E-state index contributed by atoms with van der Waals surface area (Å²) < 4.78 is 13.5. The molecule has 0 spiro atoms. The summed E-state index contributed by atoms with van der Waals surface area (Å²) in [5.74, 6) is -0.603. The monoisotopic (exact) mass is 190 g/mol. The molecule has 0 aliphatic carbocycles. The molecular formula is C8H14O5. The van der Waals surface area contributed by atoms with E-state index in [0.717, 1.165) is 0 Å². The summed E-state index contributed by atoms with van der Waals surface area (Å²) in [6.07, 6.45) is -1.06. The molecule has 0 aliphatic rings. The molecule has 5 nitrogen and oxygen atoms in total. The van der Waals surface area contributed by atoms with Crippen LogP contribution in [0.2, 0.25) is 0 Å². The van der Waals surface area contributed by atoms with Crippen molar-refractivity contribution in [2.24, 2.45) is 0 Å². The fourth-order valence-electron chi connectivity index (χ4n) is 0.578. The number of methoxy groups -OCH3 is 1. The van der Waals surface area contributed by atoms with E-state index >= 15 is 0 Å². The number of carbonyl (C=O) groups excluding carboxylic acids is 2. The van der Waals surface area contributed by atoms with E-state index in [4.69, 9.17) is 0 Å². The van der Waals surface area contributed by atoms with Crippen molar-refractivity contribution >= 4 is 12.1 Å². The molecule has 5 heteroatoms. The zero-order valence-corrected chi connectivity index (χ0v) is 8.03. The van der Waals surface area contributed by atoms with E-state index in [1.165, 1.54) is 14.0 Å². The Morgan fingerprint density at radius 3 is 2.46 bits per heavy atom. The van der Waals surface area contributed by atoms with Crippen LogP contribution in [-0.4, -0.2) is 31.9 Å². The van der Waals surface area contributed by atoms with Crippen LogP contribution in [0.5, 0.6) is 0 Å². The third-order valence-electron chi connectivity index (χ3n) is 1.23. The lowest BCUT2D eigenvalue weighted by Gasteiger charge is -2.10. The first-order valence-corrected chi connectivity index (χ1v) is 4.03. The topological polar surface area (TPSA) is 61.8 Å². The van der Waals surface area contributed by atoms with E-state index in [1.54, 1.807) is 0 Å². The van der Waals surface area contributed by atoms with Crippen LogP contribution in [0.25, 0.3) is 0 Å². The predicted molar refractivity (Wildman–Crippen MR) is 44.2 cm³/mol. The van der Waals surface area contributed by atoms with Gasteiger partial charge < -0.3 is 14.2 Å². The third-order valence-corrected chi connectivity index (χ3v) is 1.23. The first-order valence-electron chi connectivity index (χ1n) is 4.03. The Labute approximate surface area is 77.0 Å². The molecule has 0 saturated heterocycles. The Hall–Kier alpha value is -1.26. The van der Waals surface area contributed by atoms with Gasteiger partial charge in [0.25, 0.3) is 0 Å². The minimum Gasteiger partial charge on any atom is -0.466 e. The molecule has 1 atom stereocenters. The largest absolute Gasteiger partial charge is 0.509 e. The summed E-state index contributed by atoms with van der Waals surface area (Å²) in [5.41, 5.74) is 0. The van der Waals surface area contributed by atoms with Gasteiger partial charge in [-0.3, -0.25) is 0 Å². The zero-order chi connectivity index (χ0) is 10.3. The second-order valence-corrected chi connectivity index (χ2v) is 2.38. The van der Waals surface area contributed by atoms with Gasteiger partial charge in [-0.2, -0.15) is 0 Å². The molecule has 0 radical (unpaired) electrons. The maximum atomic E-state index is 10.8. The van der Waals surface area contributed by atoms with Gasteiger partial charge >= 0.3 is 12.1 Å². The SMILES string of the molecule is CCCOC(=O)O[C@H](C)C(=O)OC. The molecule has 0 heterocycles. The number of carbonyl (C=O) groups is 2. The molecule has 0 bridgehead atoms. The van der Waals surface area contributed by atoms with Gasteiger partial charge in [-0.05, 0) is 13.3 Å². The second kappa shape index (κ2) is 6.28. The van der Waals surface area contributed by atoms with Gasteiger partial charge in [0.05, 0.1) is 13.7 Å². The van der Waals surface area contributed by atoms with E-state index in [-0.39, 0.29) is 6.61 Å². The minimum atomic E-state index is -0.922. The smallest absolute Gasteiger partial charge is 0.466 e. The van der Waals surface area contributed by atoms with Crippen LogP contribution in [0.15, 0.2) is 0 Å². The highest BCUT2D eigenvalue weighted by Gasteiger charge is 2.18. The normalized spacial score (nSPS) is 11.6. The van der Waals surface area contributed by atoms with Crippen LogP contribution < -0.4 is 0 Å². The summed E-state index contributed by atoms with van der Waals surface area (Å²) in [5, 5.41) is 0. The van der Waals surface area contributed by atoms with Crippen LogP contribution in [0, 0.1) is 0 Å². The Morgan fingerprint density at radius 2 is 2.00 bits per heavy atom. The van der Waals surface area contributed by atoms with Crippen molar-refractivity contribution in [1.82, 2.24) is 0 Å². The van der Waals surface area contributed by atoms with Crippen molar-refractivity contribution in [3.8, 4) is 0 Å². The summed E-state index contributed by atoms with van der Waals surface area (Å²) in [6.45, 7) is 3.56. The van der Waals surface area contributed by atoms with Crippen LogP contribution >= 0.6 is 0 Å². The van der Waals surface area contributed by atoms with Crippen molar-refractivity contribution in [3.05, 3.63) is 0 Å². The number of hydrogen-bond acceptors (Lipinski definition) is 5. The van der Waals surface area contributed by atoms with Crippen molar-refractivity contribution in [2.45, 2.75) is 26.4 Å². The van der Waals surface area contributed by atoms with E-state index in [1.807, 2.05) is 6.92 Å². The minimum absolute atomic E-state index is 0.284. The van der Waals surface area contributed by atoms with Crippen molar-refractivity contribution in [3.63, 3.8) is 0 Å². The molecule has 13 heavy (non-hydrogen) atoms. The summed E-state index contributed by atoms with van der Waals surface area (Å²) in [6, 6.07) is 0. The van der Waals surface area contributed by atoms with E-state index in [0.29, 0.717) is 6.42 Å². The Balaban J connectivity index is 3.71. The number of ether oxygens (including phenoxy) is 3. The van der Waals surface area contributed by atoms with Gasteiger partial charge in [-0.25, -0.2) is 9.59 Å². The molecular weight excluding hydrogens is 176 g/mol. The first-order chi connectivity index (χ1) is 6.11. The lowest BCUT2D eigenvalue weighted by Crippen LogP contribution is -2.25. The lowest BCUT2D eigenvalue weighted by molar-refractivity contribution is -0.150. The van der Waals surface area contributed by atoms with Gasteiger partial charge in [0.1, 0.15) is 0 Å². The van der Waals surface area contributed by atoms with Gasteiger partial charge in [-0.15, -0.1) is 0 Å². The molecule has 0 aromatic heterocycles. The van der Waals surface area contributed by atoms with Crippen LogP contribution in [0.4, 0.5) is 4.79 Å². The van der Waals surface area contributed by atoms with Crippen LogP contribution in [-0.2, 0) is 19.0 Å². The van der Waals surface area contributed by atoms with E-state index < -0.39 is 18.2 Å². The van der Waals surface area contributed by atoms with Gasteiger partial charge in [0, 0.05) is 0 Å². The Morgan fingerprint density at radius 1 is 1.38 bits per heavy atom. The summed E-state index contributed by atoms with van der Waals surface area (Å²) in [4.78, 5) is 21.5. The average molecular weight is 190 g/mol. The number of hydrogen-bond donors (Lipinski definition) is 0. The number of rotatable bonds is 4. The quantitative estimate of drug-likeness (QED) is 0.621. The van der Waals surface area contributed by atoms with Crippen LogP contribution in [0.1, 0.15) is 20.3 Å². The fraction of sp³-hybridized carbons (Fsp3) is 0.750. The highest BCUT2D eigenvalue weighted by atomic mass is 16.7. The standard InChI is InChI=1S/C8H14O5/c1-4-5-12-8(10)13-6(2)7(9)11-3/h6H,4-5H2,1-3H3/t6-/m1/s1. The molecule has 0 aromatic rings. The van der Waals surface area contributed by atoms with E-state index in [9.17, 15) is 9.59 Å². The maximum absolute atomic E-state index is 10.8. The third kappa shape index (κ3) is 5.05. The Kier molecular flexibility index (Phi) is 5.67. The molecule has 0 unspecified atom stereocenters. The molecule has 0 amide bonds. The zero-order valence-electron chi connectivity index (χ0n) is 8.03. The van der Waals surface area contributed by atoms with Crippen LogP contribution in [0.3, 0.4) is 0 Å². The molecule has 0 rings (SSSR count). The Bertz CT molecular complexity index is 177. The lowest BCUT2D eigenvalue weighted by atomic mass is 10.4. The molecule has 76 valence electrons. The van der Waals surface area contributed by atoms with Gasteiger partial charge in [0.15, 0.2) is 6.10 Å². The van der Waals surface area contributed by atoms with Crippen molar-refractivity contribution in [2.75, 3.05) is 13.7 Å². The highest BCUT2D eigenvalue weighted by Crippen LogP contribution is 1.97. The van der Waals surface area contributed by atoms with E-state index in [2.05, 4.69) is 14.2 Å². The maximum Gasteiger partial charge on any atom is 0.509 e. The molecule has 0 fully saturated rings. The highest BCUT2D eigenvalue weighted by molar-refractivity contribution is 5.76. The molecule has 0 aliphatic heterocycles. The van der Waals surface area contributed by atoms with Crippen molar-refractivity contribution < 1.29 is 23.8 Å². The predicted octanol–water partition coefficient (Wildman–Crippen LogP) is 1.11. The first kappa shape index (κ1) is 11.7. The molecule has 0 aromatic carbocycles. The molecule has 0 N–H and O–H groups in total. The van der Waals surface area contributed by atoms with Gasteiger partial charge in [0.2, 0.25) is 0 Å². The van der Waals surface area contributed by atoms with Crippen molar-refractivity contribution in [1.29, 1.82) is 0 Å². The molecule has 0 saturated carbocycles.